The molecular weight excluding hydrogens is 357 g/mol. The molecule has 0 radical (unpaired) electrons. The number of ether oxygens (including phenoxy) is 1. The van der Waals surface area contributed by atoms with Crippen LogP contribution in [0.4, 0.5) is 4.39 Å². The van der Waals surface area contributed by atoms with Gasteiger partial charge in [-0.05, 0) is 44.2 Å². The van der Waals surface area contributed by atoms with E-state index in [1.165, 1.54) is 12.1 Å². The fourth-order valence-corrected chi connectivity index (χ4v) is 7.43. The summed E-state index contributed by atoms with van der Waals surface area (Å²) in [5.74, 6) is -1.18. The minimum atomic E-state index is -3.86. The summed E-state index contributed by atoms with van der Waals surface area (Å²) in [6.07, 6.45) is 0.660. The van der Waals surface area contributed by atoms with Gasteiger partial charge in [-0.25, -0.2) is 21.2 Å². The summed E-state index contributed by atoms with van der Waals surface area (Å²) >= 11 is 0. The summed E-state index contributed by atoms with van der Waals surface area (Å²) in [4.78, 5) is -0.0629. The van der Waals surface area contributed by atoms with E-state index in [9.17, 15) is 21.2 Å². The van der Waals surface area contributed by atoms with E-state index in [1.54, 1.807) is 0 Å². The van der Waals surface area contributed by atoms with Crippen molar-refractivity contribution in [2.45, 2.75) is 29.5 Å². The predicted octanol–water partition coefficient (Wildman–Crippen LogP) is 0.781. The minimum Gasteiger partial charge on any atom is -0.382 e. The smallest absolute Gasteiger partial charge is 0.183 e. The predicted molar refractivity (Wildman–Crippen MR) is 88.9 cm³/mol. The molecule has 1 aromatic carbocycles. The average molecular weight is 379 g/mol. The maximum Gasteiger partial charge on any atom is 0.183 e. The lowest BCUT2D eigenvalue weighted by Crippen LogP contribution is -2.43. The van der Waals surface area contributed by atoms with Gasteiger partial charge >= 0.3 is 0 Å². The van der Waals surface area contributed by atoms with E-state index < -0.39 is 42.5 Å². The highest BCUT2D eigenvalue weighted by Crippen LogP contribution is 2.26. The van der Waals surface area contributed by atoms with Gasteiger partial charge in [-0.1, -0.05) is 0 Å². The number of hydrogen-bond donors (Lipinski definition) is 1. The minimum absolute atomic E-state index is 0.0629. The van der Waals surface area contributed by atoms with Crippen LogP contribution in [0.15, 0.2) is 29.2 Å². The maximum atomic E-state index is 13.0. The van der Waals surface area contributed by atoms with Crippen molar-refractivity contribution in [1.29, 1.82) is 0 Å². The van der Waals surface area contributed by atoms with E-state index in [0.717, 1.165) is 12.1 Å². The Morgan fingerprint density at radius 3 is 2.54 bits per heavy atom. The Morgan fingerprint density at radius 1 is 1.25 bits per heavy atom. The standard InChI is InChI=1S/C15H22FNO5S2/c1-2-22-9-3-8-17-14-10-23(18,19)11-15(14)24(20,21)13-6-4-12(16)5-7-13/h4-7,14-15,17H,2-3,8-11H2,1H3/t14-,15-/m0/s1. The van der Waals surface area contributed by atoms with E-state index in [2.05, 4.69) is 5.32 Å². The first-order valence-electron chi connectivity index (χ1n) is 7.77. The second-order valence-corrected chi connectivity index (χ2v) is 10.0. The Morgan fingerprint density at radius 2 is 1.92 bits per heavy atom. The van der Waals surface area contributed by atoms with Crippen molar-refractivity contribution in [2.75, 3.05) is 31.3 Å². The van der Waals surface area contributed by atoms with Crippen molar-refractivity contribution in [3.05, 3.63) is 30.1 Å². The summed E-state index contributed by atoms with van der Waals surface area (Å²) in [5, 5.41) is 1.95. The van der Waals surface area contributed by atoms with Gasteiger partial charge in [-0.3, -0.25) is 0 Å². The third-order valence-electron chi connectivity index (χ3n) is 3.92. The van der Waals surface area contributed by atoms with Crippen molar-refractivity contribution in [3.63, 3.8) is 0 Å². The summed E-state index contributed by atoms with van der Waals surface area (Å²) < 4.78 is 67.5. The number of halogens is 1. The van der Waals surface area contributed by atoms with E-state index >= 15 is 0 Å². The van der Waals surface area contributed by atoms with Gasteiger partial charge in [-0.15, -0.1) is 0 Å². The second kappa shape index (κ2) is 7.90. The highest BCUT2D eigenvalue weighted by Gasteiger charge is 2.45. The second-order valence-electron chi connectivity index (χ2n) is 5.73. The topological polar surface area (TPSA) is 89.5 Å². The summed E-state index contributed by atoms with van der Waals surface area (Å²) in [7, 11) is -7.30. The van der Waals surface area contributed by atoms with Crippen LogP contribution in [0, 0.1) is 5.82 Å². The molecule has 24 heavy (non-hydrogen) atoms. The number of sulfone groups is 2. The largest absolute Gasteiger partial charge is 0.382 e. The Bertz CT molecular complexity index is 747. The zero-order valence-electron chi connectivity index (χ0n) is 13.4. The molecule has 136 valence electrons. The Balaban J connectivity index is 2.13. The Labute approximate surface area is 142 Å². The first-order valence-corrected chi connectivity index (χ1v) is 11.1. The number of benzene rings is 1. The zero-order chi connectivity index (χ0) is 17.8. The molecule has 1 aromatic rings. The highest BCUT2D eigenvalue weighted by atomic mass is 32.2. The average Bonchev–Trinajstić information content (AvgIpc) is 2.83. The maximum absolute atomic E-state index is 13.0. The molecule has 0 spiro atoms. The van der Waals surface area contributed by atoms with Crippen LogP contribution in [0.2, 0.25) is 0 Å². The molecule has 1 heterocycles. The molecule has 2 atom stereocenters. The van der Waals surface area contributed by atoms with Gasteiger partial charge < -0.3 is 10.1 Å². The molecule has 9 heteroatoms. The molecule has 2 rings (SSSR count). The molecule has 1 fully saturated rings. The molecule has 0 unspecified atom stereocenters. The van der Waals surface area contributed by atoms with Crippen molar-refractivity contribution >= 4 is 19.7 Å². The Kier molecular flexibility index (Phi) is 6.35. The first kappa shape index (κ1) is 19.3. The van der Waals surface area contributed by atoms with Gasteiger partial charge in [0.15, 0.2) is 19.7 Å². The third-order valence-corrected chi connectivity index (χ3v) is 8.08. The highest BCUT2D eigenvalue weighted by molar-refractivity contribution is 7.96. The van der Waals surface area contributed by atoms with Crippen LogP contribution in [-0.2, 0) is 24.4 Å². The number of hydrogen-bond acceptors (Lipinski definition) is 6. The summed E-state index contributed by atoms with van der Waals surface area (Å²) in [5.41, 5.74) is 0. The van der Waals surface area contributed by atoms with Crippen molar-refractivity contribution in [3.8, 4) is 0 Å². The van der Waals surface area contributed by atoms with Crippen molar-refractivity contribution in [1.82, 2.24) is 5.32 Å². The van der Waals surface area contributed by atoms with Crippen LogP contribution in [0.5, 0.6) is 0 Å². The molecule has 0 aliphatic carbocycles. The molecule has 0 saturated carbocycles. The van der Waals surface area contributed by atoms with E-state index in [-0.39, 0.29) is 10.6 Å². The fraction of sp³-hybridized carbons (Fsp3) is 0.600. The first-order chi connectivity index (χ1) is 11.3. The Hall–Kier alpha value is -1.03. The summed E-state index contributed by atoms with van der Waals surface area (Å²) in [6.45, 7) is 3.47. The van der Waals surface area contributed by atoms with Crippen LogP contribution in [0.1, 0.15) is 13.3 Å². The SMILES string of the molecule is CCOCCCN[C@H]1CS(=O)(=O)C[C@@H]1S(=O)(=O)c1ccc(F)cc1. The molecular formula is C15H22FNO5S2. The fourth-order valence-electron chi connectivity index (χ4n) is 2.72. The number of nitrogens with one attached hydrogen (secondary N) is 1. The van der Waals surface area contributed by atoms with Gasteiger partial charge in [0.2, 0.25) is 0 Å². The van der Waals surface area contributed by atoms with Crippen LogP contribution < -0.4 is 5.32 Å². The summed E-state index contributed by atoms with van der Waals surface area (Å²) in [6, 6.07) is 3.78. The van der Waals surface area contributed by atoms with Gasteiger partial charge in [0.05, 0.1) is 21.7 Å². The van der Waals surface area contributed by atoms with Crippen LogP contribution in [-0.4, -0.2) is 59.4 Å². The van der Waals surface area contributed by atoms with E-state index in [0.29, 0.717) is 26.2 Å². The van der Waals surface area contributed by atoms with E-state index in [1.807, 2.05) is 6.92 Å². The molecule has 0 bridgehead atoms. The van der Waals surface area contributed by atoms with Crippen LogP contribution in [0.3, 0.4) is 0 Å². The van der Waals surface area contributed by atoms with Crippen LogP contribution >= 0.6 is 0 Å². The molecule has 0 aromatic heterocycles. The molecule has 1 aliphatic heterocycles. The molecule has 1 aliphatic rings. The molecule has 6 nitrogen and oxygen atoms in total. The van der Waals surface area contributed by atoms with Crippen LogP contribution in [0.25, 0.3) is 0 Å². The lowest BCUT2D eigenvalue weighted by molar-refractivity contribution is 0.144. The monoisotopic (exact) mass is 379 g/mol. The van der Waals surface area contributed by atoms with Gasteiger partial charge in [-0.2, -0.15) is 0 Å². The third kappa shape index (κ3) is 4.75. The van der Waals surface area contributed by atoms with E-state index in [4.69, 9.17) is 4.74 Å². The molecule has 1 saturated heterocycles. The van der Waals surface area contributed by atoms with Gasteiger partial charge in [0, 0.05) is 19.3 Å². The lowest BCUT2D eigenvalue weighted by atomic mass is 10.2. The quantitative estimate of drug-likeness (QED) is 0.530. The van der Waals surface area contributed by atoms with Crippen molar-refractivity contribution < 1.29 is 26.0 Å². The molecule has 0 amide bonds. The molecule has 1 N–H and O–H groups in total. The number of rotatable bonds is 8. The normalized spacial score (nSPS) is 23.4. The van der Waals surface area contributed by atoms with Gasteiger partial charge in [0.1, 0.15) is 5.82 Å². The van der Waals surface area contributed by atoms with Crippen molar-refractivity contribution in [2.24, 2.45) is 0 Å². The zero-order valence-corrected chi connectivity index (χ0v) is 15.1. The lowest BCUT2D eigenvalue weighted by Gasteiger charge is -2.20. The van der Waals surface area contributed by atoms with Gasteiger partial charge in [0.25, 0.3) is 0 Å².